The van der Waals surface area contributed by atoms with Gasteiger partial charge >= 0.3 is 6.03 Å². The second-order valence-corrected chi connectivity index (χ2v) is 5.11. The first-order chi connectivity index (χ1) is 9.65. The number of carbonyl (C=O) groups excluding carboxylic acids is 1. The molecule has 0 aliphatic carbocycles. The van der Waals surface area contributed by atoms with Gasteiger partial charge in [-0.05, 0) is 31.9 Å². The predicted octanol–water partition coefficient (Wildman–Crippen LogP) is 2.73. The van der Waals surface area contributed by atoms with Crippen molar-refractivity contribution in [3.63, 3.8) is 0 Å². The first-order valence-electron chi connectivity index (χ1n) is 6.76. The molecule has 20 heavy (non-hydrogen) atoms. The van der Waals surface area contributed by atoms with E-state index in [-0.39, 0.29) is 18.7 Å². The first-order valence-corrected chi connectivity index (χ1v) is 7.14. The van der Waals surface area contributed by atoms with Crippen molar-refractivity contribution in [3.05, 3.63) is 23.2 Å². The maximum atomic E-state index is 12.2. The second-order valence-electron chi connectivity index (χ2n) is 4.68. The molecule has 0 aromatic heterocycles. The van der Waals surface area contributed by atoms with E-state index < -0.39 is 0 Å². The van der Waals surface area contributed by atoms with Crippen molar-refractivity contribution in [1.29, 1.82) is 0 Å². The Morgan fingerprint density at radius 3 is 3.10 bits per heavy atom. The summed E-state index contributed by atoms with van der Waals surface area (Å²) in [5, 5.41) is 12.6. The molecule has 1 aromatic rings. The van der Waals surface area contributed by atoms with Crippen LogP contribution in [0.4, 0.5) is 10.5 Å². The van der Waals surface area contributed by atoms with E-state index >= 15 is 0 Å². The number of ether oxygens (including phenoxy) is 1. The van der Waals surface area contributed by atoms with Gasteiger partial charge < -0.3 is 20.1 Å². The van der Waals surface area contributed by atoms with Crippen LogP contribution in [0.15, 0.2) is 18.2 Å². The summed E-state index contributed by atoms with van der Waals surface area (Å²) in [4.78, 5) is 13.9. The van der Waals surface area contributed by atoms with Gasteiger partial charge in [-0.3, -0.25) is 0 Å². The number of hydrogen-bond acceptors (Lipinski definition) is 3. The Morgan fingerprint density at radius 2 is 2.40 bits per heavy atom. The Hall–Kier alpha value is -1.46. The average Bonchev–Trinajstić information content (AvgIpc) is 2.90. The SMILES string of the molecule is CCOc1cc(Cl)ccc1NC(=O)N1CCC[C@@H]1CO. The van der Waals surface area contributed by atoms with Crippen LogP contribution in [0.5, 0.6) is 5.75 Å². The van der Waals surface area contributed by atoms with E-state index in [4.69, 9.17) is 16.3 Å². The molecular formula is C14H19ClN2O3. The number of likely N-dealkylation sites (tertiary alicyclic amines) is 1. The van der Waals surface area contributed by atoms with Crippen LogP contribution in [0.3, 0.4) is 0 Å². The number of anilines is 1. The van der Waals surface area contributed by atoms with E-state index in [9.17, 15) is 9.90 Å². The van der Waals surface area contributed by atoms with E-state index in [0.29, 0.717) is 29.6 Å². The molecule has 0 unspecified atom stereocenters. The fraction of sp³-hybridized carbons (Fsp3) is 0.500. The average molecular weight is 299 g/mol. The van der Waals surface area contributed by atoms with Crippen molar-refractivity contribution in [2.45, 2.75) is 25.8 Å². The third-order valence-corrected chi connectivity index (χ3v) is 3.57. The summed E-state index contributed by atoms with van der Waals surface area (Å²) < 4.78 is 5.47. The number of rotatable bonds is 4. The summed E-state index contributed by atoms with van der Waals surface area (Å²) in [5.74, 6) is 0.549. The number of aliphatic hydroxyl groups is 1. The Labute approximate surface area is 123 Å². The van der Waals surface area contributed by atoms with Crippen molar-refractivity contribution in [2.24, 2.45) is 0 Å². The molecule has 6 heteroatoms. The van der Waals surface area contributed by atoms with Gasteiger partial charge in [0.1, 0.15) is 5.75 Å². The number of nitrogens with one attached hydrogen (secondary N) is 1. The minimum Gasteiger partial charge on any atom is -0.492 e. The van der Waals surface area contributed by atoms with Gasteiger partial charge in [0.05, 0.1) is 24.9 Å². The topological polar surface area (TPSA) is 61.8 Å². The molecule has 1 aliphatic rings. The molecule has 1 aromatic carbocycles. The van der Waals surface area contributed by atoms with E-state index in [2.05, 4.69) is 5.32 Å². The molecule has 110 valence electrons. The molecule has 0 saturated carbocycles. The van der Waals surface area contributed by atoms with Crippen LogP contribution in [0.25, 0.3) is 0 Å². The third-order valence-electron chi connectivity index (χ3n) is 3.33. The van der Waals surface area contributed by atoms with Crippen molar-refractivity contribution >= 4 is 23.3 Å². The highest BCUT2D eigenvalue weighted by molar-refractivity contribution is 6.30. The smallest absolute Gasteiger partial charge is 0.322 e. The summed E-state index contributed by atoms with van der Waals surface area (Å²) in [7, 11) is 0. The van der Waals surface area contributed by atoms with Gasteiger partial charge in [0.15, 0.2) is 0 Å². The van der Waals surface area contributed by atoms with Gasteiger partial charge in [-0.25, -0.2) is 4.79 Å². The van der Waals surface area contributed by atoms with Gasteiger partial charge in [0, 0.05) is 17.6 Å². The summed E-state index contributed by atoms with van der Waals surface area (Å²) >= 11 is 5.93. The maximum Gasteiger partial charge on any atom is 0.322 e. The van der Waals surface area contributed by atoms with Gasteiger partial charge in [-0.15, -0.1) is 0 Å². The van der Waals surface area contributed by atoms with Crippen LogP contribution in [-0.4, -0.2) is 41.8 Å². The summed E-state index contributed by atoms with van der Waals surface area (Å²) in [6.45, 7) is 3.02. The molecule has 0 bridgehead atoms. The third kappa shape index (κ3) is 3.35. The second kappa shape index (κ2) is 6.81. The van der Waals surface area contributed by atoms with Crippen molar-refractivity contribution in [2.75, 3.05) is 25.1 Å². The molecule has 0 radical (unpaired) electrons. The molecule has 1 fully saturated rings. The molecule has 2 N–H and O–H groups in total. The molecule has 0 spiro atoms. The minimum absolute atomic E-state index is 0.00758. The minimum atomic E-state index is -0.218. The van der Waals surface area contributed by atoms with Crippen molar-refractivity contribution < 1.29 is 14.6 Å². The lowest BCUT2D eigenvalue weighted by Crippen LogP contribution is -2.40. The molecule has 1 aliphatic heterocycles. The largest absolute Gasteiger partial charge is 0.492 e. The molecule has 2 amide bonds. The zero-order valence-corrected chi connectivity index (χ0v) is 12.2. The number of hydrogen-bond donors (Lipinski definition) is 2. The van der Waals surface area contributed by atoms with Crippen LogP contribution < -0.4 is 10.1 Å². The number of amides is 2. The highest BCUT2D eigenvalue weighted by Gasteiger charge is 2.28. The van der Waals surface area contributed by atoms with Crippen LogP contribution in [0.2, 0.25) is 5.02 Å². The zero-order valence-electron chi connectivity index (χ0n) is 11.4. The monoisotopic (exact) mass is 298 g/mol. The molecule has 1 heterocycles. The standard InChI is InChI=1S/C14H19ClN2O3/c1-2-20-13-8-10(15)5-6-12(13)16-14(19)17-7-3-4-11(17)9-18/h5-6,8,11,18H,2-4,7,9H2,1H3,(H,16,19)/t11-/m1/s1. The Bertz CT molecular complexity index is 481. The first kappa shape index (κ1) is 14.9. The lowest BCUT2D eigenvalue weighted by atomic mass is 10.2. The van der Waals surface area contributed by atoms with Gasteiger partial charge in [0.25, 0.3) is 0 Å². The maximum absolute atomic E-state index is 12.2. The lowest BCUT2D eigenvalue weighted by molar-refractivity contribution is 0.166. The van der Waals surface area contributed by atoms with E-state index in [1.165, 1.54) is 0 Å². The Kier molecular flexibility index (Phi) is 5.09. The van der Waals surface area contributed by atoms with E-state index in [0.717, 1.165) is 12.8 Å². The number of halogens is 1. The van der Waals surface area contributed by atoms with E-state index in [1.54, 1.807) is 23.1 Å². The number of carbonyl (C=O) groups is 1. The Morgan fingerprint density at radius 1 is 1.60 bits per heavy atom. The van der Waals surface area contributed by atoms with Crippen LogP contribution in [-0.2, 0) is 0 Å². The van der Waals surface area contributed by atoms with Crippen LogP contribution in [0.1, 0.15) is 19.8 Å². The molecule has 1 saturated heterocycles. The normalized spacial score (nSPS) is 18.1. The Balaban J connectivity index is 2.11. The summed E-state index contributed by atoms with van der Waals surface area (Å²) in [5.41, 5.74) is 0.588. The van der Waals surface area contributed by atoms with Crippen molar-refractivity contribution in [1.82, 2.24) is 4.90 Å². The lowest BCUT2D eigenvalue weighted by Gasteiger charge is -2.24. The molecule has 2 rings (SSSR count). The zero-order chi connectivity index (χ0) is 14.5. The van der Waals surface area contributed by atoms with Crippen molar-refractivity contribution in [3.8, 4) is 5.75 Å². The highest BCUT2D eigenvalue weighted by atomic mass is 35.5. The van der Waals surface area contributed by atoms with Gasteiger partial charge in [-0.2, -0.15) is 0 Å². The number of nitrogens with zero attached hydrogens (tertiary/aromatic N) is 1. The van der Waals surface area contributed by atoms with E-state index in [1.807, 2.05) is 6.92 Å². The number of aliphatic hydroxyl groups excluding tert-OH is 1. The fourth-order valence-corrected chi connectivity index (χ4v) is 2.52. The highest BCUT2D eigenvalue weighted by Crippen LogP contribution is 2.29. The number of benzene rings is 1. The van der Waals surface area contributed by atoms with Gasteiger partial charge in [0.2, 0.25) is 0 Å². The predicted molar refractivity (Wildman–Crippen MR) is 78.5 cm³/mol. The number of urea groups is 1. The molecule has 5 nitrogen and oxygen atoms in total. The molecular weight excluding hydrogens is 280 g/mol. The summed E-state index contributed by atoms with van der Waals surface area (Å²) in [6.07, 6.45) is 1.75. The fourth-order valence-electron chi connectivity index (χ4n) is 2.35. The summed E-state index contributed by atoms with van der Waals surface area (Å²) in [6, 6.07) is 4.78. The molecule has 1 atom stereocenters. The quantitative estimate of drug-likeness (QED) is 0.898. The van der Waals surface area contributed by atoms with Crippen LogP contribution in [0, 0.1) is 0 Å². The van der Waals surface area contributed by atoms with Gasteiger partial charge in [-0.1, -0.05) is 11.6 Å². The van der Waals surface area contributed by atoms with Crippen LogP contribution >= 0.6 is 11.6 Å².